The van der Waals surface area contributed by atoms with Gasteiger partial charge in [-0.05, 0) is 25.0 Å². The van der Waals surface area contributed by atoms with E-state index in [9.17, 15) is 4.79 Å². The van der Waals surface area contributed by atoms with Crippen LogP contribution in [0.4, 0.5) is 0 Å². The molecule has 1 unspecified atom stereocenters. The number of para-hydroxylation sites is 1. The number of nitrogens with two attached hydrogens (primary N) is 1. The van der Waals surface area contributed by atoms with E-state index in [4.69, 9.17) is 15.2 Å². The summed E-state index contributed by atoms with van der Waals surface area (Å²) in [5, 5.41) is 0. The highest BCUT2D eigenvalue weighted by Gasteiger charge is 2.39. The van der Waals surface area contributed by atoms with Crippen LogP contribution < -0.4 is 10.5 Å². The molecule has 2 N–H and O–H groups in total. The van der Waals surface area contributed by atoms with E-state index in [0.717, 1.165) is 30.8 Å². The fraction of sp³-hybridized carbons (Fsp3) is 0.562. The highest BCUT2D eigenvalue weighted by Crippen LogP contribution is 2.27. The molecule has 116 valence electrons. The average molecular weight is 292 g/mol. The SMILES string of the molecule is COC1(COc2ccccc2C)CCN(CCC(N)=O)C1. The summed E-state index contributed by atoms with van der Waals surface area (Å²) in [6.07, 6.45) is 1.28. The topological polar surface area (TPSA) is 64.8 Å². The molecule has 1 aromatic carbocycles. The molecule has 0 radical (unpaired) electrons. The van der Waals surface area contributed by atoms with Gasteiger partial charge in [0.25, 0.3) is 0 Å². The normalized spacial score (nSPS) is 22.4. The Labute approximate surface area is 126 Å². The van der Waals surface area contributed by atoms with E-state index >= 15 is 0 Å². The second-order valence-corrected chi connectivity index (χ2v) is 5.68. The zero-order chi connectivity index (χ0) is 15.3. The predicted molar refractivity (Wildman–Crippen MR) is 81.3 cm³/mol. The van der Waals surface area contributed by atoms with E-state index < -0.39 is 0 Å². The van der Waals surface area contributed by atoms with Gasteiger partial charge in [0.05, 0.1) is 0 Å². The van der Waals surface area contributed by atoms with Crippen LogP contribution in [-0.4, -0.2) is 49.8 Å². The Morgan fingerprint density at radius 3 is 2.86 bits per heavy atom. The van der Waals surface area contributed by atoms with Crippen molar-refractivity contribution in [3.63, 3.8) is 0 Å². The van der Waals surface area contributed by atoms with Crippen LogP contribution in [0.3, 0.4) is 0 Å². The molecule has 1 fully saturated rings. The molecule has 1 aliphatic heterocycles. The number of methoxy groups -OCH3 is 1. The minimum absolute atomic E-state index is 0.263. The van der Waals surface area contributed by atoms with Gasteiger partial charge in [0.1, 0.15) is 18.0 Å². The van der Waals surface area contributed by atoms with Gasteiger partial charge in [0, 0.05) is 33.2 Å². The Morgan fingerprint density at radius 2 is 2.19 bits per heavy atom. The molecule has 21 heavy (non-hydrogen) atoms. The molecule has 0 saturated carbocycles. The van der Waals surface area contributed by atoms with Crippen molar-refractivity contribution in [2.45, 2.75) is 25.4 Å². The molecule has 5 nitrogen and oxygen atoms in total. The van der Waals surface area contributed by atoms with Crippen molar-refractivity contribution in [2.24, 2.45) is 5.73 Å². The van der Waals surface area contributed by atoms with Crippen LogP contribution in [0.2, 0.25) is 0 Å². The van der Waals surface area contributed by atoms with Crippen LogP contribution in [0.25, 0.3) is 0 Å². The Morgan fingerprint density at radius 1 is 1.43 bits per heavy atom. The van der Waals surface area contributed by atoms with Gasteiger partial charge in [-0.3, -0.25) is 9.69 Å². The van der Waals surface area contributed by atoms with Gasteiger partial charge < -0.3 is 15.2 Å². The molecular formula is C16H24N2O3. The van der Waals surface area contributed by atoms with Crippen LogP contribution in [-0.2, 0) is 9.53 Å². The molecule has 0 spiro atoms. The summed E-state index contributed by atoms with van der Waals surface area (Å²) in [5.41, 5.74) is 6.01. The number of hydrogen-bond donors (Lipinski definition) is 1. The minimum Gasteiger partial charge on any atom is -0.490 e. The second-order valence-electron chi connectivity index (χ2n) is 5.68. The van der Waals surface area contributed by atoms with Crippen molar-refractivity contribution in [3.05, 3.63) is 29.8 Å². The lowest BCUT2D eigenvalue weighted by Gasteiger charge is -2.28. The lowest BCUT2D eigenvalue weighted by atomic mass is 10.0. The van der Waals surface area contributed by atoms with Crippen molar-refractivity contribution in [1.29, 1.82) is 0 Å². The van der Waals surface area contributed by atoms with Crippen LogP contribution in [0.1, 0.15) is 18.4 Å². The Hall–Kier alpha value is -1.59. The zero-order valence-corrected chi connectivity index (χ0v) is 12.8. The Balaban J connectivity index is 1.91. The van der Waals surface area contributed by atoms with Crippen molar-refractivity contribution < 1.29 is 14.3 Å². The molecule has 0 aromatic heterocycles. The highest BCUT2D eigenvalue weighted by molar-refractivity contribution is 5.73. The Kier molecular flexibility index (Phi) is 5.20. The fourth-order valence-corrected chi connectivity index (χ4v) is 2.66. The largest absolute Gasteiger partial charge is 0.490 e. The van der Waals surface area contributed by atoms with Crippen LogP contribution in [0.15, 0.2) is 24.3 Å². The van der Waals surface area contributed by atoms with E-state index in [0.29, 0.717) is 19.6 Å². The summed E-state index contributed by atoms with van der Waals surface area (Å²) in [6.45, 7) is 4.90. The molecule has 1 heterocycles. The number of likely N-dealkylation sites (tertiary alicyclic amines) is 1. The molecule has 2 rings (SSSR count). The van der Waals surface area contributed by atoms with E-state index in [2.05, 4.69) is 4.90 Å². The predicted octanol–water partition coefficient (Wildman–Crippen LogP) is 1.34. The first kappa shape index (κ1) is 15.8. The summed E-state index contributed by atoms with van der Waals surface area (Å²) in [6, 6.07) is 7.96. The third-order valence-electron chi connectivity index (χ3n) is 4.09. The van der Waals surface area contributed by atoms with Gasteiger partial charge >= 0.3 is 0 Å². The molecule has 5 heteroatoms. The first-order valence-electron chi connectivity index (χ1n) is 7.29. The zero-order valence-electron chi connectivity index (χ0n) is 12.8. The number of aryl methyl sites for hydroxylation is 1. The lowest BCUT2D eigenvalue weighted by molar-refractivity contribution is -0.118. The number of nitrogens with zero attached hydrogens (tertiary/aromatic N) is 1. The van der Waals surface area contributed by atoms with Crippen LogP contribution in [0.5, 0.6) is 5.75 Å². The number of primary amides is 1. The van der Waals surface area contributed by atoms with E-state index in [1.807, 2.05) is 31.2 Å². The fourth-order valence-electron chi connectivity index (χ4n) is 2.66. The van der Waals surface area contributed by atoms with E-state index in [-0.39, 0.29) is 11.5 Å². The number of carbonyl (C=O) groups excluding carboxylic acids is 1. The summed E-state index contributed by atoms with van der Waals surface area (Å²) in [5.74, 6) is 0.630. The number of hydrogen-bond acceptors (Lipinski definition) is 4. The second kappa shape index (κ2) is 6.91. The first-order valence-corrected chi connectivity index (χ1v) is 7.29. The quantitative estimate of drug-likeness (QED) is 0.823. The number of benzene rings is 1. The third-order valence-corrected chi connectivity index (χ3v) is 4.09. The average Bonchev–Trinajstić information content (AvgIpc) is 2.89. The van der Waals surface area contributed by atoms with Crippen molar-refractivity contribution in [1.82, 2.24) is 4.90 Å². The van der Waals surface area contributed by atoms with Gasteiger partial charge in [-0.2, -0.15) is 0 Å². The van der Waals surface area contributed by atoms with Crippen LogP contribution in [0, 0.1) is 6.92 Å². The molecule has 1 saturated heterocycles. The summed E-state index contributed by atoms with van der Waals surface area (Å²) in [7, 11) is 1.72. The monoisotopic (exact) mass is 292 g/mol. The smallest absolute Gasteiger partial charge is 0.218 e. The maximum absolute atomic E-state index is 10.9. The standard InChI is InChI=1S/C16H24N2O3/c1-13-5-3-4-6-14(13)21-12-16(20-2)8-10-18(11-16)9-7-15(17)19/h3-6H,7-12H2,1-2H3,(H2,17,19). The maximum atomic E-state index is 10.9. The molecule has 0 aliphatic carbocycles. The number of carbonyl (C=O) groups is 1. The molecule has 1 atom stereocenters. The first-order chi connectivity index (χ1) is 10.0. The molecule has 1 amide bonds. The van der Waals surface area contributed by atoms with Crippen molar-refractivity contribution in [3.8, 4) is 5.75 Å². The molecule has 1 aliphatic rings. The van der Waals surface area contributed by atoms with E-state index in [1.165, 1.54) is 0 Å². The van der Waals surface area contributed by atoms with Gasteiger partial charge in [-0.1, -0.05) is 18.2 Å². The highest BCUT2D eigenvalue weighted by atomic mass is 16.5. The van der Waals surface area contributed by atoms with Gasteiger partial charge in [-0.25, -0.2) is 0 Å². The summed E-state index contributed by atoms with van der Waals surface area (Å²) >= 11 is 0. The van der Waals surface area contributed by atoms with E-state index in [1.54, 1.807) is 7.11 Å². The number of ether oxygens (including phenoxy) is 2. The molecule has 0 bridgehead atoms. The third kappa shape index (κ3) is 4.19. The van der Waals surface area contributed by atoms with Crippen molar-refractivity contribution >= 4 is 5.91 Å². The van der Waals surface area contributed by atoms with Gasteiger partial charge in [0.15, 0.2) is 0 Å². The summed E-state index contributed by atoms with van der Waals surface area (Å²) < 4.78 is 11.7. The summed E-state index contributed by atoms with van der Waals surface area (Å²) in [4.78, 5) is 13.1. The number of amides is 1. The Bertz CT molecular complexity index is 492. The lowest BCUT2D eigenvalue weighted by Crippen LogP contribution is -2.41. The molecular weight excluding hydrogens is 268 g/mol. The van der Waals surface area contributed by atoms with Crippen molar-refractivity contribution in [2.75, 3.05) is 33.4 Å². The van der Waals surface area contributed by atoms with Crippen LogP contribution >= 0.6 is 0 Å². The number of rotatable bonds is 7. The maximum Gasteiger partial charge on any atom is 0.218 e. The van der Waals surface area contributed by atoms with Gasteiger partial charge in [-0.15, -0.1) is 0 Å². The van der Waals surface area contributed by atoms with Gasteiger partial charge in [0.2, 0.25) is 5.91 Å². The molecule has 1 aromatic rings. The minimum atomic E-state index is -0.306.